The number of hydrogen-bond acceptors (Lipinski definition) is 11. The molecular formula is C10H19NO9S3. The van der Waals surface area contributed by atoms with Gasteiger partial charge in [-0.05, 0) is 12.2 Å². The first-order chi connectivity index (χ1) is 10.7. The predicted octanol–water partition coefficient (Wildman–Crippen LogP) is -1.64. The van der Waals surface area contributed by atoms with E-state index in [1.54, 1.807) is 0 Å². The first kappa shape index (κ1) is 20.9. The van der Waals surface area contributed by atoms with E-state index in [4.69, 9.17) is 14.4 Å². The second kappa shape index (κ2) is 9.39. The summed E-state index contributed by atoms with van der Waals surface area (Å²) in [5.41, 5.74) is -1.13. The van der Waals surface area contributed by atoms with Crippen LogP contribution in [0.3, 0.4) is 0 Å². The maximum atomic E-state index is 10.6. The van der Waals surface area contributed by atoms with Gasteiger partial charge in [-0.2, -0.15) is 21.0 Å². The fraction of sp³-hybridized carbons (Fsp3) is 0.900. The Morgan fingerprint density at radius 3 is 2.43 bits per heavy atom. The van der Waals surface area contributed by atoms with Crippen LogP contribution in [0.15, 0.2) is 5.16 Å². The number of thioether (sulfide) groups is 1. The number of nitrogens with zero attached hydrogens (tertiary/aromatic N) is 1. The number of thiol groups is 1. The lowest BCUT2D eigenvalue weighted by atomic mass is 10.0. The Morgan fingerprint density at radius 1 is 1.26 bits per heavy atom. The van der Waals surface area contributed by atoms with Crippen LogP contribution in [0.25, 0.3) is 0 Å². The van der Waals surface area contributed by atoms with E-state index in [0.29, 0.717) is 12.2 Å². The second-order valence-corrected chi connectivity index (χ2v) is 7.25. The molecule has 13 heteroatoms. The lowest BCUT2D eigenvalue weighted by molar-refractivity contribution is -0.205. The van der Waals surface area contributed by atoms with Gasteiger partial charge in [0.25, 0.3) is 0 Å². The highest BCUT2D eigenvalue weighted by molar-refractivity contribution is 8.14. The summed E-state index contributed by atoms with van der Waals surface area (Å²) < 4.78 is 38.9. The fourth-order valence-corrected chi connectivity index (χ4v) is 3.24. The van der Waals surface area contributed by atoms with Gasteiger partial charge in [0.1, 0.15) is 34.9 Å². The third-order valence-corrected chi connectivity index (χ3v) is 4.63. The largest absolute Gasteiger partial charge is 0.466 e. The number of oxime groups is 1. The van der Waals surface area contributed by atoms with Crippen LogP contribution in [0.2, 0.25) is 0 Å². The van der Waals surface area contributed by atoms with Crippen LogP contribution in [0.4, 0.5) is 0 Å². The molecular weight excluding hydrogens is 374 g/mol. The molecule has 0 bridgehead atoms. The molecule has 1 aliphatic heterocycles. The van der Waals surface area contributed by atoms with Crippen molar-refractivity contribution in [3.8, 4) is 0 Å². The Kier molecular flexibility index (Phi) is 8.54. The molecule has 5 atom stereocenters. The summed E-state index contributed by atoms with van der Waals surface area (Å²) in [7, 11) is -4.79. The van der Waals surface area contributed by atoms with Crippen LogP contribution in [-0.4, -0.2) is 80.7 Å². The molecule has 1 fully saturated rings. The molecule has 1 aliphatic rings. The van der Waals surface area contributed by atoms with Crippen LogP contribution in [-0.2, 0) is 19.4 Å². The molecule has 136 valence electrons. The normalized spacial score (nSPS) is 32.8. The maximum Gasteiger partial charge on any atom is 0.466 e. The average molecular weight is 393 g/mol. The summed E-state index contributed by atoms with van der Waals surface area (Å²) in [6, 6.07) is 0. The number of hydrogen-bond donors (Lipinski definition) is 6. The molecule has 0 aromatic rings. The molecule has 23 heavy (non-hydrogen) atoms. The summed E-state index contributed by atoms with van der Waals surface area (Å²) in [4.78, 5) is 0. The van der Waals surface area contributed by atoms with Crippen LogP contribution >= 0.6 is 24.4 Å². The summed E-state index contributed by atoms with van der Waals surface area (Å²) in [6.07, 6.45) is -4.98. The Bertz CT molecular complexity index is 498. The highest BCUT2D eigenvalue weighted by Gasteiger charge is 2.44. The van der Waals surface area contributed by atoms with Crippen molar-refractivity contribution in [3.05, 3.63) is 0 Å². The third-order valence-electron chi connectivity index (χ3n) is 2.88. The topological polar surface area (TPSA) is 166 Å². The van der Waals surface area contributed by atoms with Gasteiger partial charge < -0.3 is 25.2 Å². The van der Waals surface area contributed by atoms with E-state index in [1.807, 2.05) is 0 Å². The standard InChI is InChI=1S/C10H19NO9S3/c12-4-5-7(13)8(14)9(15)10(19-5)22-6(2-1-3-21)11-20-23(16,17)18/h5,7-10,12-15,21H,1-4H2,(H,16,17,18)/b11-6-/t5-,7-,8+,9-,10+/m1/s1. The number of rotatable bonds is 7. The van der Waals surface area contributed by atoms with Crippen LogP contribution in [0, 0.1) is 0 Å². The minimum atomic E-state index is -4.79. The average Bonchev–Trinajstić information content (AvgIpc) is 2.49. The molecule has 0 amide bonds. The van der Waals surface area contributed by atoms with E-state index in [2.05, 4.69) is 22.1 Å². The van der Waals surface area contributed by atoms with Gasteiger partial charge in [0.2, 0.25) is 0 Å². The first-order valence-corrected chi connectivity index (χ1v) is 9.38. The fourth-order valence-electron chi connectivity index (χ4n) is 1.74. The number of aliphatic hydroxyl groups is 4. The number of aliphatic hydroxyl groups excluding tert-OH is 4. The summed E-state index contributed by atoms with van der Waals surface area (Å²) >= 11 is 4.74. The van der Waals surface area contributed by atoms with E-state index >= 15 is 0 Å². The molecule has 5 N–H and O–H groups in total. The molecule has 10 nitrogen and oxygen atoms in total. The molecule has 0 aromatic carbocycles. The van der Waals surface area contributed by atoms with E-state index < -0.39 is 46.9 Å². The molecule has 0 radical (unpaired) electrons. The molecule has 0 spiro atoms. The van der Waals surface area contributed by atoms with Crippen molar-refractivity contribution < 1.29 is 42.4 Å². The van der Waals surface area contributed by atoms with E-state index in [1.165, 1.54) is 0 Å². The summed E-state index contributed by atoms with van der Waals surface area (Å²) in [5.74, 6) is 0.458. The minimum absolute atomic E-state index is 0.0565. The molecule has 1 heterocycles. The van der Waals surface area contributed by atoms with Gasteiger partial charge in [-0.3, -0.25) is 4.55 Å². The number of ether oxygens (including phenoxy) is 1. The summed E-state index contributed by atoms with van der Waals surface area (Å²) in [6.45, 7) is -0.591. The van der Waals surface area contributed by atoms with Crippen molar-refractivity contribution in [2.24, 2.45) is 5.16 Å². The molecule has 0 saturated carbocycles. The van der Waals surface area contributed by atoms with Crippen LogP contribution in [0.1, 0.15) is 12.8 Å². The van der Waals surface area contributed by atoms with Crippen molar-refractivity contribution in [2.45, 2.75) is 42.7 Å². The Morgan fingerprint density at radius 2 is 1.91 bits per heavy atom. The van der Waals surface area contributed by atoms with Crippen LogP contribution < -0.4 is 0 Å². The Labute approximate surface area is 142 Å². The molecule has 1 saturated heterocycles. The van der Waals surface area contributed by atoms with Gasteiger partial charge in [0.05, 0.1) is 6.61 Å². The van der Waals surface area contributed by atoms with Crippen molar-refractivity contribution in [2.75, 3.05) is 12.4 Å². The van der Waals surface area contributed by atoms with Gasteiger partial charge in [0.15, 0.2) is 0 Å². The van der Waals surface area contributed by atoms with Crippen molar-refractivity contribution in [1.82, 2.24) is 0 Å². The van der Waals surface area contributed by atoms with Crippen molar-refractivity contribution in [1.29, 1.82) is 0 Å². The zero-order valence-corrected chi connectivity index (χ0v) is 14.3. The van der Waals surface area contributed by atoms with Gasteiger partial charge >= 0.3 is 10.4 Å². The lowest BCUT2D eigenvalue weighted by Gasteiger charge is -2.39. The maximum absolute atomic E-state index is 10.6. The molecule has 0 aliphatic carbocycles. The second-order valence-electron chi connectivity index (χ2n) is 4.63. The highest BCUT2D eigenvalue weighted by Crippen LogP contribution is 2.30. The van der Waals surface area contributed by atoms with E-state index in [-0.39, 0.29) is 11.5 Å². The highest BCUT2D eigenvalue weighted by atomic mass is 32.3. The zero-order valence-electron chi connectivity index (χ0n) is 11.8. The van der Waals surface area contributed by atoms with Gasteiger partial charge in [-0.25, -0.2) is 4.28 Å². The monoisotopic (exact) mass is 393 g/mol. The van der Waals surface area contributed by atoms with Crippen LogP contribution in [0.5, 0.6) is 0 Å². The first-order valence-electron chi connectivity index (χ1n) is 6.50. The minimum Gasteiger partial charge on any atom is -0.394 e. The van der Waals surface area contributed by atoms with Gasteiger partial charge in [-0.1, -0.05) is 16.9 Å². The summed E-state index contributed by atoms with van der Waals surface area (Å²) in [5, 5.41) is 41.7. The smallest absolute Gasteiger partial charge is 0.394 e. The lowest BCUT2D eigenvalue weighted by Crippen LogP contribution is -2.57. The Balaban J connectivity index is 2.84. The SMILES string of the molecule is O=S(=O)(O)O/N=C(/CCCS)S[C@@H]1O[C@H](CO)[C@@H](O)[C@H](O)[C@H]1O. The van der Waals surface area contributed by atoms with E-state index in [0.717, 1.165) is 11.8 Å². The van der Waals surface area contributed by atoms with Gasteiger partial charge in [0, 0.05) is 6.42 Å². The molecule has 0 aromatic heterocycles. The van der Waals surface area contributed by atoms with Crippen molar-refractivity contribution >= 4 is 39.8 Å². The third kappa shape index (κ3) is 6.72. The quantitative estimate of drug-likeness (QED) is 0.0971. The molecule has 0 unspecified atom stereocenters. The Hall–Kier alpha value is -0.120. The predicted molar refractivity (Wildman–Crippen MR) is 84.5 cm³/mol. The zero-order chi connectivity index (χ0) is 17.6. The van der Waals surface area contributed by atoms with E-state index in [9.17, 15) is 23.7 Å². The van der Waals surface area contributed by atoms with Crippen molar-refractivity contribution in [3.63, 3.8) is 0 Å². The molecule has 1 rings (SSSR count). The van der Waals surface area contributed by atoms with Gasteiger partial charge in [-0.15, -0.1) is 0 Å².